The minimum Gasteiger partial charge on any atom is -0.456 e. The lowest BCUT2D eigenvalue weighted by molar-refractivity contribution is -0.346. The predicted molar refractivity (Wildman–Crippen MR) is 266 cm³/mol. The summed E-state index contributed by atoms with van der Waals surface area (Å²) in [4.78, 5) is 100. The Morgan fingerprint density at radius 3 is 1.97 bits per heavy atom. The number of ketones is 1. The van der Waals surface area contributed by atoms with Gasteiger partial charge in [-0.25, -0.2) is 19.2 Å². The molecule has 3 fully saturated rings. The van der Waals surface area contributed by atoms with E-state index >= 15 is 4.79 Å². The molecule has 2 saturated carbocycles. The normalized spacial score (nSPS) is 29.5. The fourth-order valence-corrected chi connectivity index (χ4v) is 11.6. The fourth-order valence-electron chi connectivity index (χ4n) is 10.5. The van der Waals surface area contributed by atoms with Crippen LogP contribution in [-0.4, -0.2) is 133 Å². The summed E-state index contributed by atoms with van der Waals surface area (Å²) < 4.78 is 42.5. The number of fused-ring (bicyclic) bond motifs is 5. The van der Waals surface area contributed by atoms with Gasteiger partial charge in [-0.2, -0.15) is 0 Å². The van der Waals surface area contributed by atoms with Crippen LogP contribution in [0.4, 0.5) is 9.59 Å². The van der Waals surface area contributed by atoms with Gasteiger partial charge in [0, 0.05) is 25.2 Å². The Morgan fingerprint density at radius 1 is 0.877 bits per heavy atom. The topological polar surface area (TPSA) is 246 Å². The van der Waals surface area contributed by atoms with Gasteiger partial charge in [-0.05, 0) is 66.5 Å². The van der Waals surface area contributed by atoms with Crippen molar-refractivity contribution in [1.29, 1.82) is 0 Å². The molecule has 73 heavy (non-hydrogen) atoms. The van der Waals surface area contributed by atoms with Gasteiger partial charge < -0.3 is 53.4 Å². The number of hydrogen-bond donors (Lipinski definition) is 3. The molecule has 1 aromatic carbocycles. The molecule has 18 nitrogen and oxygen atoms in total. The number of esters is 3. The number of amides is 1. The number of carbonyl (C=O) groups is 7. The van der Waals surface area contributed by atoms with E-state index in [-0.39, 0.29) is 16.7 Å². The number of alkyl halides is 6. The van der Waals surface area contributed by atoms with Crippen molar-refractivity contribution in [3.8, 4) is 0 Å². The Bertz CT molecular complexity index is 2520. The van der Waals surface area contributed by atoms with Gasteiger partial charge in [-0.1, -0.05) is 122 Å². The van der Waals surface area contributed by atoms with Crippen molar-refractivity contribution < 1.29 is 81.7 Å². The first-order valence-electron chi connectivity index (χ1n) is 22.7. The van der Waals surface area contributed by atoms with Crippen LogP contribution in [0.5, 0.6) is 0 Å². The predicted octanol–water partition coefficient (Wildman–Crippen LogP) is 8.27. The number of aliphatic hydroxyl groups is 2. The van der Waals surface area contributed by atoms with E-state index in [0.717, 1.165) is 18.3 Å². The maximum absolute atomic E-state index is 16.3. The van der Waals surface area contributed by atoms with E-state index < -0.39 is 158 Å². The monoisotopic (exact) mass is 1160 g/mol. The largest absolute Gasteiger partial charge is 0.509 e. The Hall–Kier alpha value is -3.63. The quantitative estimate of drug-likeness (QED) is 0.0783. The number of nitrogens with one attached hydrogen (secondary N) is 1. The van der Waals surface area contributed by atoms with Crippen LogP contribution in [0.25, 0.3) is 0 Å². The molecule has 1 amide bonds. The molecule has 2 heterocycles. The highest BCUT2D eigenvalue weighted by molar-refractivity contribution is 7.12. The summed E-state index contributed by atoms with van der Waals surface area (Å²) in [5.74, 6) is -6.82. The Morgan fingerprint density at radius 2 is 1.47 bits per heavy atom. The zero-order valence-electron chi connectivity index (χ0n) is 40.9. The summed E-state index contributed by atoms with van der Waals surface area (Å²) in [6.07, 6.45) is -15.2. The maximum Gasteiger partial charge on any atom is 0.509 e. The lowest BCUT2D eigenvalue weighted by Crippen LogP contribution is -2.82. The molecule has 6 rings (SSSR count). The zero-order valence-corrected chi connectivity index (χ0v) is 46.2. The van der Waals surface area contributed by atoms with E-state index in [1.165, 1.54) is 52.0 Å². The lowest BCUT2D eigenvalue weighted by atomic mass is 9.44. The van der Waals surface area contributed by atoms with Gasteiger partial charge in [0.05, 0.1) is 34.4 Å². The van der Waals surface area contributed by atoms with Crippen molar-refractivity contribution >= 4 is 123 Å². The van der Waals surface area contributed by atoms with E-state index in [2.05, 4.69) is 5.32 Å². The first-order chi connectivity index (χ1) is 33.6. The number of benzene rings is 1. The average molecular weight is 1160 g/mol. The standard InChI is InChI=1S/C48H55Cl6NO17S/c1-22-15-16-73-32(22)37(59)55-34(42(4,5)6)30(57)39(61)68-26-18-46(64)36(71-38(60)25-13-11-10-12-14-25)33-44(9,35(58)31(29(23(26)2)43(46,7)8)70-41(63)67-21-48(52,53)54)27(69-40(62)66-20-47(49,50)51)17-28-45(33,19-65-28)72-24(3)56/h10-16,26-28,30-31,33-34,36,57,64H,17-21H2,1-9H3,(H,55,59)/t26-,27-,28+,30+,31+,33-,34+,36-,44+,45-,46+/m0/s1. The first-order valence-corrected chi connectivity index (χ1v) is 25.8. The molecule has 1 saturated heterocycles. The van der Waals surface area contributed by atoms with Gasteiger partial charge in [-0.15, -0.1) is 11.3 Å². The Kier molecular flexibility index (Phi) is 17.2. The molecule has 1 aromatic heterocycles. The number of rotatable bonds is 12. The molecule has 11 atom stereocenters. The zero-order chi connectivity index (χ0) is 54.6. The van der Waals surface area contributed by atoms with Crippen LogP contribution in [0.1, 0.15) is 93.8 Å². The summed E-state index contributed by atoms with van der Waals surface area (Å²) in [6.45, 7) is 11.1. The highest BCUT2D eigenvalue weighted by Gasteiger charge is 2.79. The molecule has 4 aliphatic rings. The van der Waals surface area contributed by atoms with E-state index in [0.29, 0.717) is 10.4 Å². The highest BCUT2D eigenvalue weighted by atomic mass is 35.6. The number of ether oxygens (including phenoxy) is 8. The van der Waals surface area contributed by atoms with Crippen LogP contribution >= 0.6 is 80.9 Å². The van der Waals surface area contributed by atoms with Crippen LogP contribution in [0.3, 0.4) is 0 Å². The van der Waals surface area contributed by atoms with Crippen molar-refractivity contribution in [2.24, 2.45) is 22.2 Å². The van der Waals surface area contributed by atoms with Crippen molar-refractivity contribution in [3.05, 3.63) is 68.9 Å². The number of aliphatic hydroxyl groups excluding tert-OH is 1. The van der Waals surface area contributed by atoms with Crippen LogP contribution in [0.2, 0.25) is 0 Å². The molecule has 2 bridgehead atoms. The van der Waals surface area contributed by atoms with E-state index in [9.17, 15) is 39.0 Å². The molecule has 25 heteroatoms. The number of halogens is 6. The van der Waals surface area contributed by atoms with Crippen LogP contribution < -0.4 is 5.32 Å². The van der Waals surface area contributed by atoms with Crippen molar-refractivity contribution in [3.63, 3.8) is 0 Å². The van der Waals surface area contributed by atoms with Gasteiger partial charge in [0.15, 0.2) is 23.6 Å². The van der Waals surface area contributed by atoms with Crippen LogP contribution in [0.15, 0.2) is 52.9 Å². The maximum atomic E-state index is 16.3. The third-order valence-electron chi connectivity index (χ3n) is 14.1. The van der Waals surface area contributed by atoms with E-state index in [4.69, 9.17) is 108 Å². The summed E-state index contributed by atoms with van der Waals surface area (Å²) in [5.41, 5.74) is -9.61. The molecular formula is C48H55Cl6NO17S. The molecule has 3 N–H and O–H groups in total. The third kappa shape index (κ3) is 11.9. The summed E-state index contributed by atoms with van der Waals surface area (Å²) in [6, 6.07) is 7.96. The molecule has 2 aromatic rings. The van der Waals surface area contributed by atoms with E-state index in [1.54, 1.807) is 45.2 Å². The number of thiophene rings is 1. The molecule has 402 valence electrons. The molecule has 0 unspecified atom stereocenters. The molecule has 0 radical (unpaired) electrons. The van der Waals surface area contributed by atoms with E-state index in [1.807, 2.05) is 0 Å². The van der Waals surface area contributed by atoms with Gasteiger partial charge in [0.1, 0.15) is 43.2 Å². The van der Waals surface area contributed by atoms with Crippen molar-refractivity contribution in [2.45, 2.75) is 137 Å². The molecular weight excluding hydrogens is 1110 g/mol. The lowest BCUT2D eigenvalue weighted by Gasteiger charge is -2.67. The van der Waals surface area contributed by atoms with Crippen molar-refractivity contribution in [1.82, 2.24) is 5.32 Å². The number of carbonyl (C=O) groups excluding carboxylic acids is 7. The molecule has 1 aliphatic heterocycles. The van der Waals surface area contributed by atoms with Crippen LogP contribution in [-0.2, 0) is 52.3 Å². The van der Waals surface area contributed by atoms with Gasteiger partial charge in [0.2, 0.25) is 7.59 Å². The smallest absolute Gasteiger partial charge is 0.456 e. The first kappa shape index (κ1) is 58.6. The summed E-state index contributed by atoms with van der Waals surface area (Å²) in [5, 5.41) is 30.4. The Labute approximate surface area is 454 Å². The molecule has 0 spiro atoms. The third-order valence-corrected chi connectivity index (χ3v) is 15.8. The van der Waals surface area contributed by atoms with Crippen LogP contribution in [0, 0.1) is 29.1 Å². The minimum absolute atomic E-state index is 0.0154. The minimum atomic E-state index is -2.63. The van der Waals surface area contributed by atoms with Gasteiger partial charge >= 0.3 is 30.2 Å². The number of aryl methyl sites for hydroxylation is 1. The summed E-state index contributed by atoms with van der Waals surface area (Å²) >= 11 is 36.5. The highest BCUT2D eigenvalue weighted by Crippen LogP contribution is 2.65. The van der Waals surface area contributed by atoms with Gasteiger partial charge in [-0.3, -0.25) is 14.4 Å². The number of Topliss-reactive ketones (excluding diaryl/α,β-unsaturated/α-hetero) is 1. The SMILES string of the molecule is CC(=O)O[C@@]12CO[C@@H]1C[C@H](OC(=O)OCC(Cl)(Cl)Cl)[C@@]1(C)C(=O)[C@H](OC(=O)OCC(Cl)(Cl)Cl)C3=C(C)[C@@H](OC(=O)[C@H](O)[C@@H](NC(=O)c4sccc4C)C(C)(C)C)C[C@@](O)([C@@H](OC(=O)c4ccccc4)[C@H]21)C3(C)C. The second-order valence-electron chi connectivity index (χ2n) is 20.3. The summed E-state index contributed by atoms with van der Waals surface area (Å²) in [7, 11) is 0. The average Bonchev–Trinajstić information content (AvgIpc) is 3.72. The van der Waals surface area contributed by atoms with Gasteiger partial charge in [0.25, 0.3) is 5.91 Å². The van der Waals surface area contributed by atoms with Crippen molar-refractivity contribution in [2.75, 3.05) is 19.8 Å². The molecule has 3 aliphatic carbocycles. The fraction of sp³-hybridized carbons (Fsp3) is 0.604. The second-order valence-corrected chi connectivity index (χ2v) is 26.2. The number of hydrogen-bond acceptors (Lipinski definition) is 18. The second kappa shape index (κ2) is 21.4. The Balaban J connectivity index is 1.60.